The van der Waals surface area contributed by atoms with Gasteiger partial charge in [0.1, 0.15) is 11.6 Å². The molecule has 1 aliphatic rings. The van der Waals surface area contributed by atoms with Gasteiger partial charge in [0.2, 0.25) is 0 Å². The standard InChI is InChI=1S/C20H19N3O2S/c1-13-10-11-21-18(12-13)23-19(25)14-6-2-3-7-15(14)22-20(23)26-17-9-5-4-8-16(17)24/h2-3,6-7,10-12,17H,4-5,8-9H2,1H3/t17-/m1/s1. The van der Waals surface area contributed by atoms with Crippen molar-refractivity contribution in [3.63, 3.8) is 0 Å². The summed E-state index contributed by atoms with van der Waals surface area (Å²) in [6, 6.07) is 11.1. The summed E-state index contributed by atoms with van der Waals surface area (Å²) >= 11 is 1.39. The van der Waals surface area contributed by atoms with Crippen LogP contribution in [0.1, 0.15) is 31.2 Å². The summed E-state index contributed by atoms with van der Waals surface area (Å²) in [5.41, 5.74) is 1.51. The van der Waals surface area contributed by atoms with Crippen molar-refractivity contribution < 1.29 is 4.79 Å². The molecule has 132 valence electrons. The Morgan fingerprint density at radius 3 is 2.81 bits per heavy atom. The van der Waals surface area contributed by atoms with Crippen LogP contribution in [0.4, 0.5) is 0 Å². The van der Waals surface area contributed by atoms with Crippen LogP contribution < -0.4 is 5.56 Å². The van der Waals surface area contributed by atoms with Gasteiger partial charge in [-0.05, 0) is 49.6 Å². The SMILES string of the molecule is Cc1ccnc(-n2c(S[C@@H]3CCCCC3=O)nc3ccccc3c2=O)c1. The van der Waals surface area contributed by atoms with E-state index in [0.29, 0.717) is 28.3 Å². The van der Waals surface area contributed by atoms with Crippen LogP contribution in [0.3, 0.4) is 0 Å². The lowest BCUT2D eigenvalue weighted by Gasteiger charge is -2.21. The maximum atomic E-state index is 13.2. The van der Waals surface area contributed by atoms with Gasteiger partial charge in [0.25, 0.3) is 5.56 Å². The first-order chi connectivity index (χ1) is 12.6. The molecule has 1 saturated carbocycles. The minimum atomic E-state index is -0.153. The van der Waals surface area contributed by atoms with Crippen LogP contribution in [0.15, 0.2) is 52.5 Å². The maximum absolute atomic E-state index is 13.2. The van der Waals surface area contributed by atoms with Gasteiger partial charge in [-0.15, -0.1) is 0 Å². The highest BCUT2D eigenvalue weighted by Crippen LogP contribution is 2.31. The van der Waals surface area contributed by atoms with Crippen LogP contribution >= 0.6 is 11.8 Å². The molecule has 0 unspecified atom stereocenters. The highest BCUT2D eigenvalue weighted by Gasteiger charge is 2.26. The van der Waals surface area contributed by atoms with Gasteiger partial charge in [0, 0.05) is 12.6 Å². The molecule has 0 spiro atoms. The molecule has 0 saturated heterocycles. The average molecular weight is 365 g/mol. The highest BCUT2D eigenvalue weighted by molar-refractivity contribution is 8.00. The largest absolute Gasteiger partial charge is 0.298 e. The predicted octanol–water partition coefficient (Wildman–Crippen LogP) is 3.69. The summed E-state index contributed by atoms with van der Waals surface area (Å²) in [7, 11) is 0. The summed E-state index contributed by atoms with van der Waals surface area (Å²) in [6.45, 7) is 1.96. The van der Waals surface area contributed by atoms with Crippen LogP contribution in [0.5, 0.6) is 0 Å². The first kappa shape index (κ1) is 17.0. The number of rotatable bonds is 3. The Hall–Kier alpha value is -2.47. The Bertz CT molecular complexity index is 1040. The van der Waals surface area contributed by atoms with Crippen molar-refractivity contribution in [1.82, 2.24) is 14.5 Å². The normalized spacial score (nSPS) is 17.6. The molecule has 0 bridgehead atoms. The fourth-order valence-electron chi connectivity index (χ4n) is 3.24. The number of fused-ring (bicyclic) bond motifs is 1. The zero-order chi connectivity index (χ0) is 18.1. The smallest absolute Gasteiger partial charge is 0.267 e. The molecule has 26 heavy (non-hydrogen) atoms. The number of thioether (sulfide) groups is 1. The van der Waals surface area contributed by atoms with E-state index in [2.05, 4.69) is 4.98 Å². The lowest BCUT2D eigenvalue weighted by Crippen LogP contribution is -2.26. The van der Waals surface area contributed by atoms with E-state index in [1.165, 1.54) is 11.8 Å². The van der Waals surface area contributed by atoms with Crippen LogP contribution in [-0.4, -0.2) is 25.6 Å². The van der Waals surface area contributed by atoms with Crippen molar-refractivity contribution in [2.75, 3.05) is 0 Å². The number of carbonyl (C=O) groups excluding carboxylic acids is 1. The van der Waals surface area contributed by atoms with Crippen molar-refractivity contribution in [3.05, 3.63) is 58.5 Å². The van der Waals surface area contributed by atoms with Crippen LogP contribution in [-0.2, 0) is 4.79 Å². The first-order valence-electron chi connectivity index (χ1n) is 8.78. The monoisotopic (exact) mass is 365 g/mol. The molecule has 0 N–H and O–H groups in total. The van der Waals surface area contributed by atoms with E-state index in [4.69, 9.17) is 4.98 Å². The number of hydrogen-bond acceptors (Lipinski definition) is 5. The van der Waals surface area contributed by atoms with Gasteiger partial charge >= 0.3 is 0 Å². The Morgan fingerprint density at radius 2 is 2.00 bits per heavy atom. The van der Waals surface area contributed by atoms with E-state index in [9.17, 15) is 9.59 Å². The van der Waals surface area contributed by atoms with E-state index in [0.717, 1.165) is 24.8 Å². The van der Waals surface area contributed by atoms with Crippen LogP contribution in [0.2, 0.25) is 0 Å². The number of benzene rings is 1. The molecule has 0 radical (unpaired) electrons. The van der Waals surface area contributed by atoms with Gasteiger partial charge < -0.3 is 0 Å². The second-order valence-electron chi connectivity index (χ2n) is 6.56. The minimum absolute atomic E-state index is 0.145. The van der Waals surface area contributed by atoms with E-state index >= 15 is 0 Å². The second-order valence-corrected chi connectivity index (χ2v) is 7.73. The van der Waals surface area contributed by atoms with Crippen molar-refractivity contribution in [1.29, 1.82) is 0 Å². The molecule has 1 aromatic carbocycles. The molecule has 2 aromatic heterocycles. The van der Waals surface area contributed by atoms with Gasteiger partial charge in [-0.3, -0.25) is 9.59 Å². The molecule has 2 heterocycles. The molecular weight excluding hydrogens is 346 g/mol. The number of hydrogen-bond donors (Lipinski definition) is 0. The second kappa shape index (κ2) is 7.03. The Balaban J connectivity index is 1.90. The lowest BCUT2D eigenvalue weighted by atomic mass is 9.99. The zero-order valence-electron chi connectivity index (χ0n) is 14.5. The quantitative estimate of drug-likeness (QED) is 0.662. The van der Waals surface area contributed by atoms with Crippen molar-refractivity contribution in [2.45, 2.75) is 43.0 Å². The molecule has 1 aliphatic carbocycles. The summed E-state index contributed by atoms with van der Waals surface area (Å²) < 4.78 is 1.54. The third-order valence-electron chi connectivity index (χ3n) is 4.62. The Kier molecular flexibility index (Phi) is 4.59. The topological polar surface area (TPSA) is 64.8 Å². The van der Waals surface area contributed by atoms with Gasteiger partial charge in [0.15, 0.2) is 5.16 Å². The van der Waals surface area contributed by atoms with Crippen LogP contribution in [0.25, 0.3) is 16.7 Å². The number of pyridine rings is 1. The molecule has 5 nitrogen and oxygen atoms in total. The van der Waals surface area contributed by atoms with Gasteiger partial charge in [-0.2, -0.15) is 0 Å². The Labute approximate surface area is 155 Å². The van der Waals surface area contributed by atoms with Crippen molar-refractivity contribution in [2.24, 2.45) is 0 Å². The Morgan fingerprint density at radius 1 is 1.15 bits per heavy atom. The van der Waals surface area contributed by atoms with Crippen molar-refractivity contribution in [3.8, 4) is 5.82 Å². The van der Waals surface area contributed by atoms with E-state index in [-0.39, 0.29) is 16.6 Å². The minimum Gasteiger partial charge on any atom is -0.298 e. The van der Waals surface area contributed by atoms with Crippen LogP contribution in [0, 0.1) is 6.92 Å². The third kappa shape index (κ3) is 3.17. The number of carbonyl (C=O) groups is 1. The molecule has 3 aromatic rings. The summed E-state index contributed by atoms with van der Waals surface area (Å²) in [4.78, 5) is 34.5. The number of para-hydroxylation sites is 1. The maximum Gasteiger partial charge on any atom is 0.267 e. The summed E-state index contributed by atoms with van der Waals surface area (Å²) in [6.07, 6.45) is 5.11. The fourth-order valence-corrected chi connectivity index (χ4v) is 4.46. The molecule has 0 amide bonds. The number of ketones is 1. The third-order valence-corrected chi connectivity index (χ3v) is 5.89. The summed E-state index contributed by atoms with van der Waals surface area (Å²) in [5, 5.41) is 0.940. The number of aromatic nitrogens is 3. The molecule has 6 heteroatoms. The zero-order valence-corrected chi connectivity index (χ0v) is 15.3. The lowest BCUT2D eigenvalue weighted by molar-refractivity contribution is -0.119. The molecular formula is C20H19N3O2S. The summed E-state index contributed by atoms with van der Waals surface area (Å²) in [5.74, 6) is 0.784. The molecule has 4 rings (SSSR count). The van der Waals surface area contributed by atoms with Crippen molar-refractivity contribution >= 4 is 28.4 Å². The van der Waals surface area contributed by atoms with E-state index in [1.54, 1.807) is 16.8 Å². The number of nitrogens with zero attached hydrogens (tertiary/aromatic N) is 3. The fraction of sp³-hybridized carbons (Fsp3) is 0.300. The highest BCUT2D eigenvalue weighted by atomic mass is 32.2. The van der Waals surface area contributed by atoms with E-state index in [1.807, 2.05) is 37.3 Å². The number of Topliss-reactive ketones (excluding diaryl/α,β-unsaturated/α-hetero) is 1. The first-order valence-corrected chi connectivity index (χ1v) is 9.65. The molecule has 1 fully saturated rings. The predicted molar refractivity (Wildman–Crippen MR) is 103 cm³/mol. The number of aryl methyl sites for hydroxylation is 1. The van der Waals surface area contributed by atoms with Gasteiger partial charge in [-0.25, -0.2) is 14.5 Å². The van der Waals surface area contributed by atoms with Gasteiger partial charge in [0.05, 0.1) is 16.2 Å². The average Bonchev–Trinajstić information content (AvgIpc) is 2.64. The molecule has 1 atom stereocenters. The van der Waals surface area contributed by atoms with E-state index < -0.39 is 0 Å². The molecule has 0 aliphatic heterocycles. The van der Waals surface area contributed by atoms with Gasteiger partial charge in [-0.1, -0.05) is 30.3 Å².